The summed E-state index contributed by atoms with van der Waals surface area (Å²) in [5, 5.41) is 13.9. The van der Waals surface area contributed by atoms with Gasteiger partial charge < -0.3 is 10.1 Å². The molecule has 2 aromatic carbocycles. The average molecular weight is 290 g/mol. The fourth-order valence-corrected chi connectivity index (χ4v) is 1.96. The number of ether oxygens (including phenoxy) is 1. The van der Waals surface area contributed by atoms with Crippen LogP contribution in [0.5, 0.6) is 11.5 Å². The van der Waals surface area contributed by atoms with Crippen molar-refractivity contribution in [2.45, 2.75) is 13.5 Å². The van der Waals surface area contributed by atoms with Gasteiger partial charge in [-0.25, -0.2) is 4.39 Å². The third-order valence-electron chi connectivity index (χ3n) is 2.94. The molecule has 0 bridgehead atoms. The minimum atomic E-state index is -0.557. The van der Waals surface area contributed by atoms with Gasteiger partial charge in [0.2, 0.25) is 5.75 Å². The molecule has 0 fully saturated rings. The number of aryl methyl sites for hydroxylation is 1. The van der Waals surface area contributed by atoms with Crippen LogP contribution in [0.15, 0.2) is 36.4 Å². The molecule has 0 saturated carbocycles. The second kappa shape index (κ2) is 6.32. The number of hydrogen-bond acceptors (Lipinski definition) is 4. The molecule has 2 rings (SSSR count). The zero-order valence-corrected chi connectivity index (χ0v) is 11.7. The van der Waals surface area contributed by atoms with Gasteiger partial charge in [0.15, 0.2) is 11.6 Å². The number of para-hydroxylation sites is 1. The Bertz CT molecular complexity index is 674. The first kappa shape index (κ1) is 14.9. The van der Waals surface area contributed by atoms with E-state index in [1.807, 2.05) is 0 Å². The molecule has 0 radical (unpaired) electrons. The van der Waals surface area contributed by atoms with Gasteiger partial charge >= 0.3 is 5.69 Å². The monoisotopic (exact) mass is 290 g/mol. The van der Waals surface area contributed by atoms with E-state index in [2.05, 4.69) is 5.32 Å². The van der Waals surface area contributed by atoms with Crippen LogP contribution < -0.4 is 10.1 Å². The summed E-state index contributed by atoms with van der Waals surface area (Å²) in [6.45, 7) is 2.18. The number of nitrogens with one attached hydrogen (secondary N) is 1. The molecule has 0 unspecified atom stereocenters. The third kappa shape index (κ3) is 3.35. The van der Waals surface area contributed by atoms with Gasteiger partial charge in [-0.2, -0.15) is 0 Å². The number of benzene rings is 2. The van der Waals surface area contributed by atoms with E-state index < -0.39 is 10.7 Å². The lowest BCUT2D eigenvalue weighted by Crippen LogP contribution is -2.07. The molecule has 21 heavy (non-hydrogen) atoms. The molecule has 6 heteroatoms. The van der Waals surface area contributed by atoms with Crippen molar-refractivity contribution in [2.75, 3.05) is 7.05 Å². The second-order valence-electron chi connectivity index (χ2n) is 4.59. The average Bonchev–Trinajstić information content (AvgIpc) is 2.42. The highest BCUT2D eigenvalue weighted by Crippen LogP contribution is 2.35. The molecule has 0 aliphatic carbocycles. The van der Waals surface area contributed by atoms with Crippen LogP contribution in [0.4, 0.5) is 10.1 Å². The van der Waals surface area contributed by atoms with Crippen molar-refractivity contribution in [1.29, 1.82) is 0 Å². The van der Waals surface area contributed by atoms with E-state index in [0.29, 0.717) is 12.1 Å². The first-order valence-electron chi connectivity index (χ1n) is 6.38. The molecule has 5 nitrogen and oxygen atoms in total. The van der Waals surface area contributed by atoms with Crippen LogP contribution in [0.3, 0.4) is 0 Å². The molecule has 0 aliphatic heterocycles. The van der Waals surface area contributed by atoms with E-state index in [-0.39, 0.29) is 17.2 Å². The second-order valence-corrected chi connectivity index (χ2v) is 4.59. The maximum atomic E-state index is 14.0. The Balaban J connectivity index is 2.47. The first-order valence-corrected chi connectivity index (χ1v) is 6.38. The molecular formula is C15H15FN2O3. The molecule has 0 aromatic heterocycles. The number of nitro groups is 1. The lowest BCUT2D eigenvalue weighted by molar-refractivity contribution is -0.385. The van der Waals surface area contributed by atoms with E-state index in [1.165, 1.54) is 18.2 Å². The number of nitrogens with zero attached hydrogens (tertiary/aromatic N) is 1. The van der Waals surface area contributed by atoms with Crippen LogP contribution in [0, 0.1) is 22.9 Å². The highest BCUT2D eigenvalue weighted by molar-refractivity contribution is 5.51. The van der Waals surface area contributed by atoms with Crippen molar-refractivity contribution < 1.29 is 14.1 Å². The molecular weight excluding hydrogens is 275 g/mol. The largest absolute Gasteiger partial charge is 0.447 e. The minimum Gasteiger partial charge on any atom is -0.447 e. The van der Waals surface area contributed by atoms with Crippen molar-refractivity contribution in [3.63, 3.8) is 0 Å². The summed E-state index contributed by atoms with van der Waals surface area (Å²) < 4.78 is 19.5. The van der Waals surface area contributed by atoms with Crippen molar-refractivity contribution >= 4 is 5.69 Å². The van der Waals surface area contributed by atoms with Gasteiger partial charge in [0, 0.05) is 18.2 Å². The Kier molecular flexibility index (Phi) is 4.49. The summed E-state index contributed by atoms with van der Waals surface area (Å²) in [4.78, 5) is 10.5. The fraction of sp³-hybridized carbons (Fsp3) is 0.200. The molecule has 0 aliphatic rings. The summed E-state index contributed by atoms with van der Waals surface area (Å²) in [5.74, 6) is -0.526. The van der Waals surface area contributed by atoms with Crippen LogP contribution in [-0.4, -0.2) is 12.0 Å². The van der Waals surface area contributed by atoms with Crippen molar-refractivity contribution in [1.82, 2.24) is 5.32 Å². The van der Waals surface area contributed by atoms with Gasteiger partial charge in [-0.3, -0.25) is 10.1 Å². The molecule has 0 amide bonds. The molecule has 110 valence electrons. The van der Waals surface area contributed by atoms with Crippen LogP contribution >= 0.6 is 0 Å². The Hall–Kier alpha value is -2.47. The number of hydrogen-bond donors (Lipinski definition) is 1. The van der Waals surface area contributed by atoms with E-state index in [0.717, 1.165) is 5.56 Å². The van der Waals surface area contributed by atoms with Crippen molar-refractivity contribution in [3.05, 3.63) is 63.5 Å². The summed E-state index contributed by atoms with van der Waals surface area (Å²) in [6.07, 6.45) is 0. The van der Waals surface area contributed by atoms with E-state index >= 15 is 0 Å². The van der Waals surface area contributed by atoms with Crippen LogP contribution in [0.25, 0.3) is 0 Å². The third-order valence-corrected chi connectivity index (χ3v) is 2.94. The molecule has 0 atom stereocenters. The predicted molar refractivity (Wildman–Crippen MR) is 77.1 cm³/mol. The molecule has 0 heterocycles. The molecule has 0 spiro atoms. The maximum absolute atomic E-state index is 14.0. The van der Waals surface area contributed by atoms with Crippen molar-refractivity contribution in [3.8, 4) is 11.5 Å². The standard InChI is InChI=1S/C15H15FN2O3/c1-10-6-7-13(18(19)20)14(8-10)21-15-11(9-17-2)4-3-5-12(15)16/h3-8,17H,9H2,1-2H3. The van der Waals surface area contributed by atoms with Crippen LogP contribution in [0.2, 0.25) is 0 Å². The summed E-state index contributed by atoms with van der Waals surface area (Å²) in [6, 6.07) is 9.02. The molecule has 2 aromatic rings. The summed E-state index contributed by atoms with van der Waals surface area (Å²) in [7, 11) is 1.73. The minimum absolute atomic E-state index is 0.000509. The normalized spacial score (nSPS) is 10.4. The zero-order valence-electron chi connectivity index (χ0n) is 11.7. The summed E-state index contributed by atoms with van der Waals surface area (Å²) in [5.41, 5.74) is 1.19. The van der Waals surface area contributed by atoms with Gasteiger partial charge in [-0.15, -0.1) is 0 Å². The van der Waals surface area contributed by atoms with E-state index in [1.54, 1.807) is 32.2 Å². The van der Waals surface area contributed by atoms with E-state index in [4.69, 9.17) is 4.74 Å². The lowest BCUT2D eigenvalue weighted by Gasteiger charge is -2.12. The number of halogens is 1. The highest BCUT2D eigenvalue weighted by Gasteiger charge is 2.19. The van der Waals surface area contributed by atoms with Gasteiger partial charge in [-0.05, 0) is 31.7 Å². The van der Waals surface area contributed by atoms with Crippen LogP contribution in [-0.2, 0) is 6.54 Å². The SMILES string of the molecule is CNCc1cccc(F)c1Oc1cc(C)ccc1[N+](=O)[O-]. The fourth-order valence-electron chi connectivity index (χ4n) is 1.96. The lowest BCUT2D eigenvalue weighted by atomic mass is 10.1. The highest BCUT2D eigenvalue weighted by atomic mass is 19.1. The van der Waals surface area contributed by atoms with Gasteiger partial charge in [-0.1, -0.05) is 18.2 Å². The van der Waals surface area contributed by atoms with Gasteiger partial charge in [0.25, 0.3) is 0 Å². The smallest absolute Gasteiger partial charge is 0.311 e. The quantitative estimate of drug-likeness (QED) is 0.675. The number of rotatable bonds is 5. The van der Waals surface area contributed by atoms with Crippen LogP contribution in [0.1, 0.15) is 11.1 Å². The maximum Gasteiger partial charge on any atom is 0.311 e. The molecule has 0 saturated heterocycles. The Labute approximate surface area is 121 Å². The predicted octanol–water partition coefficient (Wildman–Crippen LogP) is 3.55. The van der Waals surface area contributed by atoms with Gasteiger partial charge in [0.05, 0.1) is 4.92 Å². The summed E-state index contributed by atoms with van der Waals surface area (Å²) >= 11 is 0. The Morgan fingerprint density at radius 2 is 2.10 bits per heavy atom. The van der Waals surface area contributed by atoms with Gasteiger partial charge in [0.1, 0.15) is 0 Å². The molecule has 1 N–H and O–H groups in total. The Morgan fingerprint density at radius 1 is 1.33 bits per heavy atom. The van der Waals surface area contributed by atoms with Crippen molar-refractivity contribution in [2.24, 2.45) is 0 Å². The number of nitro benzene ring substituents is 1. The first-order chi connectivity index (χ1) is 10.0. The topological polar surface area (TPSA) is 64.4 Å². The van der Waals surface area contributed by atoms with E-state index in [9.17, 15) is 14.5 Å². The zero-order chi connectivity index (χ0) is 15.4. The Morgan fingerprint density at radius 3 is 2.76 bits per heavy atom.